The SMILES string of the molecule is COc1ccc(OC)c(C2OCC(CCl)O2)c1. The van der Waals surface area contributed by atoms with Crippen LogP contribution >= 0.6 is 11.6 Å². The van der Waals surface area contributed by atoms with Gasteiger partial charge in [-0.15, -0.1) is 11.6 Å². The molecular weight excluding hydrogens is 244 g/mol. The van der Waals surface area contributed by atoms with Crippen molar-refractivity contribution >= 4 is 11.6 Å². The second-order valence-corrected chi connectivity index (χ2v) is 3.99. The minimum atomic E-state index is -0.441. The second-order valence-electron chi connectivity index (χ2n) is 3.69. The van der Waals surface area contributed by atoms with Crippen LogP contribution in [0.3, 0.4) is 0 Å². The average Bonchev–Trinajstić information content (AvgIpc) is 2.86. The van der Waals surface area contributed by atoms with Crippen LogP contribution in [0, 0.1) is 0 Å². The Kier molecular flexibility index (Phi) is 4.10. The smallest absolute Gasteiger partial charge is 0.188 e. The zero-order chi connectivity index (χ0) is 12.3. The molecule has 1 heterocycles. The summed E-state index contributed by atoms with van der Waals surface area (Å²) in [5.41, 5.74) is 0.819. The van der Waals surface area contributed by atoms with Crippen LogP contribution in [0.2, 0.25) is 0 Å². The van der Waals surface area contributed by atoms with E-state index in [0.29, 0.717) is 18.2 Å². The van der Waals surface area contributed by atoms with Gasteiger partial charge in [0, 0.05) is 0 Å². The van der Waals surface area contributed by atoms with Crippen molar-refractivity contribution in [2.75, 3.05) is 26.7 Å². The minimum absolute atomic E-state index is 0.0717. The summed E-state index contributed by atoms with van der Waals surface area (Å²) in [6, 6.07) is 5.51. The van der Waals surface area contributed by atoms with Gasteiger partial charge in [0.2, 0.25) is 0 Å². The summed E-state index contributed by atoms with van der Waals surface area (Å²) >= 11 is 5.73. The Morgan fingerprint density at radius 1 is 1.35 bits per heavy atom. The quantitative estimate of drug-likeness (QED) is 0.777. The van der Waals surface area contributed by atoms with Crippen molar-refractivity contribution in [3.8, 4) is 11.5 Å². The van der Waals surface area contributed by atoms with Crippen molar-refractivity contribution in [2.24, 2.45) is 0 Å². The predicted molar refractivity (Wildman–Crippen MR) is 63.8 cm³/mol. The molecule has 0 spiro atoms. The Morgan fingerprint density at radius 3 is 2.76 bits per heavy atom. The molecule has 1 aromatic carbocycles. The summed E-state index contributed by atoms with van der Waals surface area (Å²) in [4.78, 5) is 0. The first kappa shape index (κ1) is 12.5. The zero-order valence-corrected chi connectivity index (χ0v) is 10.6. The van der Waals surface area contributed by atoms with Gasteiger partial charge in [-0.05, 0) is 18.2 Å². The zero-order valence-electron chi connectivity index (χ0n) is 9.81. The van der Waals surface area contributed by atoms with E-state index in [1.54, 1.807) is 14.2 Å². The van der Waals surface area contributed by atoms with E-state index >= 15 is 0 Å². The maximum atomic E-state index is 5.73. The van der Waals surface area contributed by atoms with Crippen molar-refractivity contribution in [2.45, 2.75) is 12.4 Å². The molecule has 2 unspecified atom stereocenters. The van der Waals surface area contributed by atoms with Gasteiger partial charge in [0.1, 0.15) is 11.5 Å². The molecule has 0 saturated carbocycles. The van der Waals surface area contributed by atoms with Gasteiger partial charge < -0.3 is 18.9 Å². The van der Waals surface area contributed by atoms with Crippen LogP contribution in [0.4, 0.5) is 0 Å². The number of benzene rings is 1. The monoisotopic (exact) mass is 258 g/mol. The van der Waals surface area contributed by atoms with E-state index in [4.69, 9.17) is 30.5 Å². The number of methoxy groups -OCH3 is 2. The van der Waals surface area contributed by atoms with E-state index in [1.165, 1.54) is 0 Å². The molecule has 0 bridgehead atoms. The number of hydrogen-bond acceptors (Lipinski definition) is 4. The summed E-state index contributed by atoms with van der Waals surface area (Å²) in [6.07, 6.45) is -0.513. The first-order valence-electron chi connectivity index (χ1n) is 5.33. The summed E-state index contributed by atoms with van der Waals surface area (Å²) in [5.74, 6) is 1.87. The largest absolute Gasteiger partial charge is 0.497 e. The molecule has 17 heavy (non-hydrogen) atoms. The molecule has 2 rings (SSSR count). The highest BCUT2D eigenvalue weighted by atomic mass is 35.5. The molecule has 1 aromatic rings. The highest BCUT2D eigenvalue weighted by Crippen LogP contribution is 2.35. The molecule has 1 aliphatic rings. The minimum Gasteiger partial charge on any atom is -0.497 e. The van der Waals surface area contributed by atoms with Gasteiger partial charge in [0.05, 0.1) is 38.4 Å². The van der Waals surface area contributed by atoms with Crippen LogP contribution in [0.5, 0.6) is 11.5 Å². The van der Waals surface area contributed by atoms with Gasteiger partial charge in [0.25, 0.3) is 0 Å². The van der Waals surface area contributed by atoms with E-state index in [-0.39, 0.29) is 6.10 Å². The third kappa shape index (κ3) is 2.65. The van der Waals surface area contributed by atoms with Crippen LogP contribution in [-0.4, -0.2) is 32.8 Å². The lowest BCUT2D eigenvalue weighted by atomic mass is 10.2. The molecule has 2 atom stereocenters. The highest BCUT2D eigenvalue weighted by Gasteiger charge is 2.29. The molecule has 0 aliphatic carbocycles. The fraction of sp³-hybridized carbons (Fsp3) is 0.500. The van der Waals surface area contributed by atoms with Gasteiger partial charge in [-0.2, -0.15) is 0 Å². The topological polar surface area (TPSA) is 36.9 Å². The lowest BCUT2D eigenvalue weighted by molar-refractivity contribution is -0.0580. The molecule has 0 aromatic heterocycles. The van der Waals surface area contributed by atoms with Crippen molar-refractivity contribution < 1.29 is 18.9 Å². The van der Waals surface area contributed by atoms with Crippen molar-refractivity contribution in [1.82, 2.24) is 0 Å². The van der Waals surface area contributed by atoms with Crippen LogP contribution in [0.1, 0.15) is 11.9 Å². The van der Waals surface area contributed by atoms with Crippen molar-refractivity contribution in [3.63, 3.8) is 0 Å². The van der Waals surface area contributed by atoms with Crippen molar-refractivity contribution in [1.29, 1.82) is 0 Å². The Morgan fingerprint density at radius 2 is 2.18 bits per heavy atom. The van der Waals surface area contributed by atoms with E-state index in [9.17, 15) is 0 Å². The Balaban J connectivity index is 2.24. The van der Waals surface area contributed by atoms with Gasteiger partial charge in [-0.1, -0.05) is 0 Å². The molecular formula is C12H15ClO4. The number of rotatable bonds is 4. The van der Waals surface area contributed by atoms with E-state index in [0.717, 1.165) is 11.3 Å². The van der Waals surface area contributed by atoms with E-state index in [2.05, 4.69) is 0 Å². The number of hydrogen-bond donors (Lipinski definition) is 0. The molecule has 0 radical (unpaired) electrons. The predicted octanol–water partition coefficient (Wildman–Crippen LogP) is 2.36. The van der Waals surface area contributed by atoms with Crippen LogP contribution in [-0.2, 0) is 9.47 Å². The fourth-order valence-electron chi connectivity index (χ4n) is 1.72. The second kappa shape index (κ2) is 5.58. The number of halogens is 1. The molecule has 1 saturated heterocycles. The third-order valence-electron chi connectivity index (χ3n) is 2.61. The molecule has 0 amide bonds. The van der Waals surface area contributed by atoms with Crippen LogP contribution < -0.4 is 9.47 Å². The highest BCUT2D eigenvalue weighted by molar-refractivity contribution is 6.18. The lowest BCUT2D eigenvalue weighted by Crippen LogP contribution is -2.11. The standard InChI is InChI=1S/C12H15ClO4/c1-14-8-3-4-11(15-2)10(5-8)12-16-7-9(6-13)17-12/h3-5,9,12H,6-7H2,1-2H3. The molecule has 0 N–H and O–H groups in total. The Hall–Kier alpha value is -0.970. The molecule has 1 fully saturated rings. The summed E-state index contributed by atoms with van der Waals surface area (Å²) in [5, 5.41) is 0. The molecule has 4 nitrogen and oxygen atoms in total. The lowest BCUT2D eigenvalue weighted by Gasteiger charge is -2.15. The average molecular weight is 259 g/mol. The van der Waals surface area contributed by atoms with Gasteiger partial charge >= 0.3 is 0 Å². The first-order chi connectivity index (χ1) is 8.28. The summed E-state index contributed by atoms with van der Waals surface area (Å²) < 4.78 is 21.6. The van der Waals surface area contributed by atoms with Gasteiger partial charge in [0.15, 0.2) is 6.29 Å². The van der Waals surface area contributed by atoms with Gasteiger partial charge in [-0.3, -0.25) is 0 Å². The van der Waals surface area contributed by atoms with Gasteiger partial charge in [-0.25, -0.2) is 0 Å². The van der Waals surface area contributed by atoms with Crippen molar-refractivity contribution in [3.05, 3.63) is 23.8 Å². The first-order valence-corrected chi connectivity index (χ1v) is 5.87. The van der Waals surface area contributed by atoms with E-state index in [1.807, 2.05) is 18.2 Å². The normalized spacial score (nSPS) is 23.7. The summed E-state index contributed by atoms with van der Waals surface area (Å²) in [7, 11) is 3.23. The van der Waals surface area contributed by atoms with Crippen LogP contribution in [0.15, 0.2) is 18.2 Å². The van der Waals surface area contributed by atoms with Crippen LogP contribution in [0.25, 0.3) is 0 Å². The number of alkyl halides is 1. The number of ether oxygens (including phenoxy) is 4. The third-order valence-corrected chi connectivity index (χ3v) is 2.96. The molecule has 5 heteroatoms. The maximum absolute atomic E-state index is 5.73. The summed E-state index contributed by atoms with van der Waals surface area (Å²) in [6.45, 7) is 0.495. The maximum Gasteiger partial charge on any atom is 0.188 e. The Bertz CT molecular complexity index is 383. The molecule has 94 valence electrons. The Labute approximate surface area is 105 Å². The van der Waals surface area contributed by atoms with E-state index < -0.39 is 6.29 Å². The fourth-order valence-corrected chi connectivity index (χ4v) is 1.88. The molecule has 1 aliphatic heterocycles.